The minimum atomic E-state index is -0.264. The second-order valence-corrected chi connectivity index (χ2v) is 5.80. The molecule has 7 heteroatoms. The average molecular weight is 369 g/mol. The number of benzene rings is 1. The number of amides is 1. The molecule has 0 aliphatic rings. The van der Waals surface area contributed by atoms with Gasteiger partial charge in [-0.1, -0.05) is 0 Å². The number of anilines is 1. The molecule has 7 nitrogen and oxygen atoms in total. The lowest BCUT2D eigenvalue weighted by molar-refractivity contribution is 0.102. The first-order valence-corrected chi connectivity index (χ1v) is 8.81. The summed E-state index contributed by atoms with van der Waals surface area (Å²) in [7, 11) is 1.58. The first-order chi connectivity index (χ1) is 13.1. The van der Waals surface area contributed by atoms with Crippen molar-refractivity contribution in [3.8, 4) is 17.2 Å². The molecule has 3 rings (SSSR count). The van der Waals surface area contributed by atoms with E-state index in [4.69, 9.17) is 14.2 Å². The summed E-state index contributed by atoms with van der Waals surface area (Å²) in [5.41, 5.74) is 2.29. The van der Waals surface area contributed by atoms with E-state index in [0.717, 1.165) is 0 Å². The molecule has 1 aromatic carbocycles. The highest BCUT2D eigenvalue weighted by Crippen LogP contribution is 2.31. The standard InChI is InChI=1S/C20H23N3O4/c1-5-26-15-10-9-14(12-17(15)27-6-2)22-20(24)18-13(3)21-19-16(25-4)8-7-11-23(18)19/h7-12H,5-6H2,1-4H3,(H,22,24). The number of ether oxygens (including phenoxy) is 3. The Morgan fingerprint density at radius 1 is 1.11 bits per heavy atom. The van der Waals surface area contributed by atoms with Gasteiger partial charge in [0.2, 0.25) is 0 Å². The Bertz CT molecular complexity index is 965. The number of pyridine rings is 1. The van der Waals surface area contributed by atoms with Crippen molar-refractivity contribution in [1.29, 1.82) is 0 Å². The van der Waals surface area contributed by atoms with Crippen molar-refractivity contribution < 1.29 is 19.0 Å². The topological polar surface area (TPSA) is 74.1 Å². The molecular weight excluding hydrogens is 346 g/mol. The number of methoxy groups -OCH3 is 1. The molecule has 0 aliphatic heterocycles. The van der Waals surface area contributed by atoms with Crippen LogP contribution in [0.4, 0.5) is 5.69 Å². The molecule has 0 bridgehead atoms. The van der Waals surface area contributed by atoms with Crippen molar-refractivity contribution in [1.82, 2.24) is 9.38 Å². The van der Waals surface area contributed by atoms with Gasteiger partial charge in [0.25, 0.3) is 5.91 Å². The van der Waals surface area contributed by atoms with Crippen LogP contribution in [0.1, 0.15) is 30.0 Å². The number of nitrogens with zero attached hydrogens (tertiary/aromatic N) is 2. The number of nitrogens with one attached hydrogen (secondary N) is 1. The lowest BCUT2D eigenvalue weighted by atomic mass is 10.2. The van der Waals surface area contributed by atoms with Crippen molar-refractivity contribution in [2.45, 2.75) is 20.8 Å². The highest BCUT2D eigenvalue weighted by Gasteiger charge is 2.19. The number of rotatable bonds is 7. The van der Waals surface area contributed by atoms with Crippen LogP contribution in [-0.4, -0.2) is 35.6 Å². The lowest BCUT2D eigenvalue weighted by Gasteiger charge is -2.13. The van der Waals surface area contributed by atoms with E-state index >= 15 is 0 Å². The quantitative estimate of drug-likeness (QED) is 0.687. The molecule has 1 N–H and O–H groups in total. The van der Waals surface area contributed by atoms with Crippen molar-refractivity contribution >= 4 is 17.2 Å². The van der Waals surface area contributed by atoms with Crippen LogP contribution in [0.25, 0.3) is 5.65 Å². The zero-order chi connectivity index (χ0) is 19.4. The molecule has 2 heterocycles. The predicted octanol–water partition coefficient (Wildman–Crippen LogP) is 3.70. The summed E-state index contributed by atoms with van der Waals surface area (Å²) >= 11 is 0. The van der Waals surface area contributed by atoms with Crippen LogP contribution in [0.3, 0.4) is 0 Å². The van der Waals surface area contributed by atoms with Crippen LogP contribution < -0.4 is 19.5 Å². The van der Waals surface area contributed by atoms with Crippen LogP contribution in [-0.2, 0) is 0 Å². The van der Waals surface area contributed by atoms with E-state index in [9.17, 15) is 4.79 Å². The van der Waals surface area contributed by atoms with Gasteiger partial charge in [-0.3, -0.25) is 9.20 Å². The number of hydrogen-bond donors (Lipinski definition) is 1. The lowest BCUT2D eigenvalue weighted by Crippen LogP contribution is -2.15. The molecule has 142 valence electrons. The van der Waals surface area contributed by atoms with Crippen molar-refractivity contribution in [3.05, 3.63) is 47.9 Å². The maximum Gasteiger partial charge on any atom is 0.274 e. The number of imidazole rings is 1. The third kappa shape index (κ3) is 3.67. The van der Waals surface area contributed by atoms with E-state index in [0.29, 0.717) is 53.2 Å². The normalized spacial score (nSPS) is 10.7. The summed E-state index contributed by atoms with van der Waals surface area (Å²) in [5, 5.41) is 2.91. The SMILES string of the molecule is CCOc1ccc(NC(=O)c2c(C)nc3c(OC)cccn23)cc1OCC. The highest BCUT2D eigenvalue weighted by molar-refractivity contribution is 6.04. The van der Waals surface area contributed by atoms with Crippen LogP contribution in [0.2, 0.25) is 0 Å². The van der Waals surface area contributed by atoms with Gasteiger partial charge < -0.3 is 19.5 Å². The van der Waals surface area contributed by atoms with Crippen LogP contribution in [0.15, 0.2) is 36.5 Å². The monoisotopic (exact) mass is 369 g/mol. The Hall–Kier alpha value is -3.22. The fourth-order valence-electron chi connectivity index (χ4n) is 2.91. The van der Waals surface area contributed by atoms with Crippen molar-refractivity contribution in [3.63, 3.8) is 0 Å². The summed E-state index contributed by atoms with van der Waals surface area (Å²) < 4.78 is 18.2. The van der Waals surface area contributed by atoms with Gasteiger partial charge in [-0.25, -0.2) is 4.98 Å². The third-order valence-electron chi connectivity index (χ3n) is 4.02. The molecule has 0 fully saturated rings. The Balaban J connectivity index is 1.93. The van der Waals surface area contributed by atoms with Crippen molar-refractivity contribution in [2.24, 2.45) is 0 Å². The largest absolute Gasteiger partial charge is 0.493 e. The van der Waals surface area contributed by atoms with Gasteiger partial charge in [-0.2, -0.15) is 0 Å². The van der Waals surface area contributed by atoms with Gasteiger partial charge in [0, 0.05) is 18.0 Å². The average Bonchev–Trinajstić information content (AvgIpc) is 3.00. The van der Waals surface area contributed by atoms with Gasteiger partial charge in [-0.15, -0.1) is 0 Å². The number of aromatic nitrogens is 2. The van der Waals surface area contributed by atoms with Crippen molar-refractivity contribution in [2.75, 3.05) is 25.6 Å². The van der Waals surface area contributed by atoms with Crippen LogP contribution in [0, 0.1) is 6.92 Å². The van der Waals surface area contributed by atoms with Gasteiger partial charge in [0.05, 0.1) is 26.0 Å². The minimum absolute atomic E-state index is 0.264. The van der Waals surface area contributed by atoms with E-state index < -0.39 is 0 Å². The van der Waals surface area contributed by atoms with Gasteiger partial charge in [0.15, 0.2) is 22.9 Å². The van der Waals surface area contributed by atoms with Crippen LogP contribution >= 0.6 is 0 Å². The summed E-state index contributed by atoms with van der Waals surface area (Å²) in [4.78, 5) is 17.4. The fourth-order valence-corrected chi connectivity index (χ4v) is 2.91. The smallest absolute Gasteiger partial charge is 0.274 e. The molecule has 0 radical (unpaired) electrons. The Kier molecular flexibility index (Phi) is 5.49. The van der Waals surface area contributed by atoms with E-state index in [1.165, 1.54) is 0 Å². The first kappa shape index (κ1) is 18.6. The Labute approximate surface area is 157 Å². The molecule has 27 heavy (non-hydrogen) atoms. The second-order valence-electron chi connectivity index (χ2n) is 5.80. The molecule has 0 unspecified atom stereocenters. The molecule has 0 atom stereocenters. The number of aryl methyl sites for hydroxylation is 1. The molecule has 3 aromatic rings. The van der Waals surface area contributed by atoms with Gasteiger partial charge in [0.1, 0.15) is 5.69 Å². The maximum atomic E-state index is 12.9. The number of carbonyl (C=O) groups is 1. The summed E-state index contributed by atoms with van der Waals surface area (Å²) in [6.07, 6.45) is 1.79. The fraction of sp³-hybridized carbons (Fsp3) is 0.300. The summed E-state index contributed by atoms with van der Waals surface area (Å²) in [6.45, 7) is 6.65. The highest BCUT2D eigenvalue weighted by atomic mass is 16.5. The molecule has 0 saturated heterocycles. The molecular formula is C20H23N3O4. The minimum Gasteiger partial charge on any atom is -0.493 e. The number of carbonyl (C=O) groups excluding carboxylic acids is 1. The Morgan fingerprint density at radius 2 is 1.85 bits per heavy atom. The molecule has 1 amide bonds. The first-order valence-electron chi connectivity index (χ1n) is 8.81. The molecule has 0 aliphatic carbocycles. The molecule has 0 spiro atoms. The summed E-state index contributed by atoms with van der Waals surface area (Å²) in [6, 6.07) is 8.95. The van der Waals surface area contributed by atoms with E-state index in [2.05, 4.69) is 10.3 Å². The second kappa shape index (κ2) is 7.99. The number of fused-ring (bicyclic) bond motifs is 1. The maximum absolute atomic E-state index is 12.9. The zero-order valence-corrected chi connectivity index (χ0v) is 15.9. The van der Waals surface area contributed by atoms with E-state index in [1.807, 2.05) is 26.0 Å². The van der Waals surface area contributed by atoms with Gasteiger partial charge >= 0.3 is 0 Å². The molecule has 2 aromatic heterocycles. The van der Waals surface area contributed by atoms with Gasteiger partial charge in [-0.05, 0) is 45.0 Å². The zero-order valence-electron chi connectivity index (χ0n) is 15.9. The predicted molar refractivity (Wildman–Crippen MR) is 103 cm³/mol. The van der Waals surface area contributed by atoms with Crippen LogP contribution in [0.5, 0.6) is 17.2 Å². The van der Waals surface area contributed by atoms with E-state index in [-0.39, 0.29) is 5.91 Å². The third-order valence-corrected chi connectivity index (χ3v) is 4.02. The number of hydrogen-bond acceptors (Lipinski definition) is 5. The summed E-state index contributed by atoms with van der Waals surface area (Å²) in [5.74, 6) is 1.58. The Morgan fingerprint density at radius 3 is 2.56 bits per heavy atom. The molecule has 0 saturated carbocycles. The van der Waals surface area contributed by atoms with E-state index in [1.54, 1.807) is 42.8 Å².